The fourth-order valence-electron chi connectivity index (χ4n) is 1.95. The van der Waals surface area contributed by atoms with Gasteiger partial charge in [0.2, 0.25) is 0 Å². The van der Waals surface area contributed by atoms with Crippen molar-refractivity contribution in [1.82, 2.24) is 9.36 Å². The van der Waals surface area contributed by atoms with Gasteiger partial charge in [0.1, 0.15) is 15.8 Å². The predicted octanol–water partition coefficient (Wildman–Crippen LogP) is 3.77. The zero-order valence-corrected chi connectivity index (χ0v) is 12.6. The average molecular weight is 302 g/mol. The third kappa shape index (κ3) is 2.66. The minimum Gasteiger partial charge on any atom is -0.382 e. The number of anilines is 2. The van der Waals surface area contributed by atoms with Crippen LogP contribution in [0, 0.1) is 6.92 Å². The summed E-state index contributed by atoms with van der Waals surface area (Å²) in [5.74, 6) is 0.569. The van der Waals surface area contributed by atoms with Crippen molar-refractivity contribution in [3.8, 4) is 11.1 Å². The van der Waals surface area contributed by atoms with Gasteiger partial charge in [0, 0.05) is 11.1 Å². The maximum atomic E-state index is 5.99. The van der Waals surface area contributed by atoms with E-state index in [0.29, 0.717) is 12.4 Å². The van der Waals surface area contributed by atoms with E-state index in [2.05, 4.69) is 20.1 Å². The molecule has 2 aromatic heterocycles. The molecule has 0 aliphatic rings. The van der Waals surface area contributed by atoms with Gasteiger partial charge in [-0.05, 0) is 24.0 Å². The molecule has 0 aliphatic carbocycles. The van der Waals surface area contributed by atoms with E-state index in [4.69, 9.17) is 5.73 Å². The number of nitrogen functional groups attached to an aromatic ring is 1. The molecule has 3 N–H and O–H groups in total. The molecule has 3 rings (SSSR count). The number of rotatable bonds is 4. The Morgan fingerprint density at radius 2 is 2.05 bits per heavy atom. The van der Waals surface area contributed by atoms with Crippen LogP contribution in [0.1, 0.15) is 10.7 Å². The van der Waals surface area contributed by atoms with E-state index in [9.17, 15) is 0 Å². The molecule has 2 heterocycles. The number of nitrogens with zero attached hydrogens (tertiary/aromatic N) is 2. The van der Waals surface area contributed by atoms with Crippen LogP contribution in [0.15, 0.2) is 35.7 Å². The Labute approximate surface area is 125 Å². The number of aryl methyl sites for hydroxylation is 1. The van der Waals surface area contributed by atoms with Gasteiger partial charge >= 0.3 is 0 Å². The minimum atomic E-state index is 0.569. The summed E-state index contributed by atoms with van der Waals surface area (Å²) in [6.45, 7) is 2.69. The van der Waals surface area contributed by atoms with Crippen LogP contribution < -0.4 is 11.1 Å². The number of thiazole rings is 1. The summed E-state index contributed by atoms with van der Waals surface area (Å²) in [5, 5.41) is 7.49. The molecule has 0 amide bonds. The summed E-state index contributed by atoms with van der Waals surface area (Å²) >= 11 is 3.04. The summed E-state index contributed by atoms with van der Waals surface area (Å²) in [7, 11) is 0. The second-order valence-electron chi connectivity index (χ2n) is 4.37. The van der Waals surface area contributed by atoms with Gasteiger partial charge in [-0.25, -0.2) is 4.98 Å². The van der Waals surface area contributed by atoms with E-state index in [0.717, 1.165) is 26.8 Å². The van der Waals surface area contributed by atoms with Gasteiger partial charge in [-0.1, -0.05) is 30.3 Å². The van der Waals surface area contributed by atoms with Gasteiger partial charge in [0.25, 0.3) is 0 Å². The molecule has 0 spiro atoms. The van der Waals surface area contributed by atoms with Crippen LogP contribution in [-0.4, -0.2) is 9.36 Å². The smallest absolute Gasteiger partial charge is 0.147 e. The van der Waals surface area contributed by atoms with Crippen LogP contribution in [0.5, 0.6) is 0 Å². The van der Waals surface area contributed by atoms with Crippen molar-refractivity contribution < 1.29 is 0 Å². The maximum Gasteiger partial charge on any atom is 0.147 e. The molecular formula is C14H14N4S2. The molecule has 0 aliphatic heterocycles. The lowest BCUT2D eigenvalue weighted by molar-refractivity contribution is 1.08. The van der Waals surface area contributed by atoms with Crippen molar-refractivity contribution >= 4 is 33.7 Å². The fraction of sp³-hybridized carbons (Fsp3) is 0.143. The third-order valence-electron chi connectivity index (χ3n) is 2.85. The van der Waals surface area contributed by atoms with Crippen LogP contribution in [0.2, 0.25) is 0 Å². The summed E-state index contributed by atoms with van der Waals surface area (Å²) in [6, 6.07) is 10.1. The first-order valence-electron chi connectivity index (χ1n) is 6.19. The number of nitrogens with one attached hydrogen (secondary N) is 1. The zero-order valence-electron chi connectivity index (χ0n) is 11.0. The molecule has 0 unspecified atom stereocenters. The second-order valence-corrected chi connectivity index (χ2v) is 6.09. The van der Waals surface area contributed by atoms with E-state index in [1.807, 2.05) is 37.3 Å². The van der Waals surface area contributed by atoms with Gasteiger partial charge in [-0.2, -0.15) is 4.37 Å². The van der Waals surface area contributed by atoms with Crippen molar-refractivity contribution in [1.29, 1.82) is 0 Å². The van der Waals surface area contributed by atoms with Crippen LogP contribution >= 0.6 is 22.9 Å². The summed E-state index contributed by atoms with van der Waals surface area (Å²) in [5.41, 5.74) is 9.10. The predicted molar refractivity (Wildman–Crippen MR) is 86.1 cm³/mol. The van der Waals surface area contributed by atoms with Gasteiger partial charge in [-0.3, -0.25) is 0 Å². The minimum absolute atomic E-state index is 0.569. The Morgan fingerprint density at radius 1 is 1.25 bits per heavy atom. The van der Waals surface area contributed by atoms with Crippen LogP contribution in [0.25, 0.3) is 11.1 Å². The van der Waals surface area contributed by atoms with E-state index < -0.39 is 0 Å². The van der Waals surface area contributed by atoms with E-state index in [1.54, 1.807) is 11.3 Å². The lowest BCUT2D eigenvalue weighted by atomic mass is 10.1. The van der Waals surface area contributed by atoms with Gasteiger partial charge in [0.05, 0.1) is 12.1 Å². The lowest BCUT2D eigenvalue weighted by Gasteiger charge is -2.05. The first kappa shape index (κ1) is 13.1. The Hall–Kier alpha value is -1.92. The Bertz CT molecular complexity index is 703. The van der Waals surface area contributed by atoms with Gasteiger partial charge in [-0.15, -0.1) is 11.3 Å². The van der Waals surface area contributed by atoms with Crippen molar-refractivity contribution in [2.45, 2.75) is 13.5 Å². The van der Waals surface area contributed by atoms with E-state index in [-0.39, 0.29) is 0 Å². The molecule has 6 heteroatoms. The third-order valence-corrected chi connectivity index (χ3v) is 4.63. The zero-order chi connectivity index (χ0) is 13.9. The molecule has 0 radical (unpaired) electrons. The standard InChI is InChI=1S/C14H14N4S2/c1-9-8-19-11(17-9)7-16-14-12(13(15)18-20-14)10-5-3-2-4-6-10/h2-6,8,16H,7H2,1H3,(H2,15,18). The number of benzene rings is 1. The van der Waals surface area contributed by atoms with Gasteiger partial charge < -0.3 is 11.1 Å². The van der Waals surface area contributed by atoms with Crippen LogP contribution in [-0.2, 0) is 6.54 Å². The summed E-state index contributed by atoms with van der Waals surface area (Å²) < 4.78 is 4.25. The number of hydrogen-bond donors (Lipinski definition) is 2. The first-order valence-corrected chi connectivity index (χ1v) is 7.85. The molecule has 0 saturated heterocycles. The van der Waals surface area contributed by atoms with Crippen molar-refractivity contribution in [2.24, 2.45) is 0 Å². The largest absolute Gasteiger partial charge is 0.382 e. The molecule has 4 nitrogen and oxygen atoms in total. The fourth-order valence-corrected chi connectivity index (χ4v) is 3.39. The second kappa shape index (κ2) is 5.60. The summed E-state index contributed by atoms with van der Waals surface area (Å²) in [6.07, 6.45) is 0. The SMILES string of the molecule is Cc1csc(CNc2snc(N)c2-c2ccccc2)n1. The molecule has 3 aromatic rings. The number of aromatic nitrogens is 2. The highest BCUT2D eigenvalue weighted by molar-refractivity contribution is 7.11. The molecule has 0 bridgehead atoms. The Morgan fingerprint density at radius 3 is 2.75 bits per heavy atom. The highest BCUT2D eigenvalue weighted by atomic mass is 32.1. The van der Waals surface area contributed by atoms with Crippen LogP contribution in [0.3, 0.4) is 0 Å². The monoisotopic (exact) mass is 302 g/mol. The molecule has 1 aromatic carbocycles. The highest BCUT2D eigenvalue weighted by Gasteiger charge is 2.13. The summed E-state index contributed by atoms with van der Waals surface area (Å²) in [4.78, 5) is 4.44. The first-order chi connectivity index (χ1) is 9.74. The molecule has 0 fully saturated rings. The molecule has 0 saturated carbocycles. The van der Waals surface area contributed by atoms with Crippen molar-refractivity contribution in [2.75, 3.05) is 11.1 Å². The van der Waals surface area contributed by atoms with Gasteiger partial charge in [0.15, 0.2) is 0 Å². The number of nitrogens with two attached hydrogens (primary N) is 1. The average Bonchev–Trinajstić information content (AvgIpc) is 3.03. The molecule has 0 atom stereocenters. The maximum absolute atomic E-state index is 5.99. The van der Waals surface area contributed by atoms with Crippen molar-refractivity contribution in [3.63, 3.8) is 0 Å². The molecule has 20 heavy (non-hydrogen) atoms. The molecular weight excluding hydrogens is 288 g/mol. The Kier molecular flexibility index (Phi) is 3.66. The van der Waals surface area contributed by atoms with Crippen LogP contribution in [0.4, 0.5) is 10.8 Å². The topological polar surface area (TPSA) is 63.8 Å². The molecule has 102 valence electrons. The Balaban J connectivity index is 1.84. The quantitative estimate of drug-likeness (QED) is 0.770. The highest BCUT2D eigenvalue weighted by Crippen LogP contribution is 2.36. The van der Waals surface area contributed by atoms with E-state index >= 15 is 0 Å². The van der Waals surface area contributed by atoms with E-state index in [1.165, 1.54) is 11.5 Å². The lowest BCUT2D eigenvalue weighted by Crippen LogP contribution is -1.99. The number of hydrogen-bond acceptors (Lipinski definition) is 6. The van der Waals surface area contributed by atoms with Crippen molar-refractivity contribution in [3.05, 3.63) is 46.4 Å². The normalized spacial score (nSPS) is 10.7.